The molecule has 0 unspecified atom stereocenters. The van der Waals surface area contributed by atoms with Gasteiger partial charge in [-0.3, -0.25) is 9.69 Å². The average Bonchev–Trinajstić information content (AvgIpc) is 2.18. The van der Waals surface area contributed by atoms with Gasteiger partial charge in [0.15, 0.2) is 0 Å². The summed E-state index contributed by atoms with van der Waals surface area (Å²) in [7, 11) is 3.94. The molecule has 0 saturated carbocycles. The van der Waals surface area contributed by atoms with Crippen molar-refractivity contribution in [2.45, 2.75) is 6.54 Å². The monoisotopic (exact) mass is 196 g/mol. The van der Waals surface area contributed by atoms with Crippen molar-refractivity contribution in [2.75, 3.05) is 27.2 Å². The Kier molecular flexibility index (Phi) is 4.28. The minimum Gasteiger partial charge on any atom is -0.318 e. The fourth-order valence-corrected chi connectivity index (χ4v) is 1.12. The van der Waals surface area contributed by atoms with Gasteiger partial charge in [-0.2, -0.15) is 5.10 Å². The molecular weight excluding hydrogens is 180 g/mol. The van der Waals surface area contributed by atoms with Crippen molar-refractivity contribution in [3.05, 3.63) is 28.2 Å². The van der Waals surface area contributed by atoms with Crippen LogP contribution in [-0.4, -0.2) is 42.3 Å². The molecular formula is C9H16N4O. The summed E-state index contributed by atoms with van der Waals surface area (Å²) in [5, 5.41) is 9.41. The molecule has 0 atom stereocenters. The van der Waals surface area contributed by atoms with E-state index in [1.54, 1.807) is 6.07 Å². The average molecular weight is 196 g/mol. The largest absolute Gasteiger partial charge is 0.318 e. The first kappa shape index (κ1) is 10.9. The molecule has 5 heteroatoms. The van der Waals surface area contributed by atoms with Crippen LogP contribution < -0.4 is 10.9 Å². The molecule has 1 rings (SSSR count). The van der Waals surface area contributed by atoms with Crippen molar-refractivity contribution >= 4 is 0 Å². The highest BCUT2D eigenvalue weighted by atomic mass is 16.1. The van der Waals surface area contributed by atoms with Gasteiger partial charge in [-0.05, 0) is 20.2 Å². The van der Waals surface area contributed by atoms with Crippen LogP contribution in [0.5, 0.6) is 0 Å². The molecule has 5 nitrogen and oxygen atoms in total. The number of hydrogen-bond acceptors (Lipinski definition) is 4. The SMILES string of the molecule is CNCCN(C)Cc1ccc(=O)[nH]n1. The van der Waals surface area contributed by atoms with Gasteiger partial charge in [-0.1, -0.05) is 0 Å². The molecule has 0 spiro atoms. The molecule has 0 bridgehead atoms. The van der Waals surface area contributed by atoms with Gasteiger partial charge in [0.25, 0.3) is 5.56 Å². The van der Waals surface area contributed by atoms with Crippen molar-refractivity contribution in [3.8, 4) is 0 Å². The lowest BCUT2D eigenvalue weighted by Gasteiger charge is -2.14. The molecule has 0 saturated heterocycles. The third-order valence-corrected chi connectivity index (χ3v) is 1.91. The van der Waals surface area contributed by atoms with Crippen LogP contribution in [0.3, 0.4) is 0 Å². The Balaban J connectivity index is 2.43. The number of likely N-dealkylation sites (N-methyl/N-ethyl adjacent to an activating group) is 2. The van der Waals surface area contributed by atoms with Crippen LogP contribution in [-0.2, 0) is 6.54 Å². The lowest BCUT2D eigenvalue weighted by atomic mass is 10.3. The van der Waals surface area contributed by atoms with Crippen molar-refractivity contribution in [2.24, 2.45) is 0 Å². The Morgan fingerprint density at radius 2 is 2.36 bits per heavy atom. The molecule has 0 aliphatic heterocycles. The summed E-state index contributed by atoms with van der Waals surface area (Å²) in [6.07, 6.45) is 0. The first-order valence-electron chi connectivity index (χ1n) is 4.60. The normalized spacial score (nSPS) is 10.8. The molecule has 0 aromatic carbocycles. The molecule has 1 aromatic rings. The zero-order valence-corrected chi connectivity index (χ0v) is 8.58. The van der Waals surface area contributed by atoms with Crippen molar-refractivity contribution in [1.82, 2.24) is 20.4 Å². The van der Waals surface area contributed by atoms with Gasteiger partial charge in [0.05, 0.1) is 5.69 Å². The van der Waals surface area contributed by atoms with E-state index in [0.717, 1.165) is 25.3 Å². The molecule has 0 aliphatic rings. The second-order valence-electron chi connectivity index (χ2n) is 3.25. The fourth-order valence-electron chi connectivity index (χ4n) is 1.12. The molecule has 0 aliphatic carbocycles. The van der Waals surface area contributed by atoms with Gasteiger partial charge in [-0.25, -0.2) is 5.10 Å². The number of nitrogens with one attached hydrogen (secondary N) is 2. The Morgan fingerprint density at radius 3 is 2.93 bits per heavy atom. The predicted octanol–water partition coefficient (Wildman–Crippen LogP) is -0.579. The second-order valence-corrected chi connectivity index (χ2v) is 3.25. The maximum absolute atomic E-state index is 10.7. The van der Waals surface area contributed by atoms with Crippen LogP contribution in [0.15, 0.2) is 16.9 Å². The number of nitrogens with zero attached hydrogens (tertiary/aromatic N) is 2. The van der Waals surface area contributed by atoms with Crippen LogP contribution in [0.4, 0.5) is 0 Å². The summed E-state index contributed by atoms with van der Waals surface area (Å²) in [5.74, 6) is 0. The summed E-state index contributed by atoms with van der Waals surface area (Å²) in [5.41, 5.74) is 0.717. The van der Waals surface area contributed by atoms with Gasteiger partial charge >= 0.3 is 0 Å². The Bertz CT molecular complexity index is 302. The summed E-state index contributed by atoms with van der Waals surface area (Å²) in [6.45, 7) is 2.65. The lowest BCUT2D eigenvalue weighted by Crippen LogP contribution is -2.27. The second kappa shape index (κ2) is 5.51. The third kappa shape index (κ3) is 3.68. The molecule has 0 radical (unpaired) electrons. The third-order valence-electron chi connectivity index (χ3n) is 1.91. The van der Waals surface area contributed by atoms with E-state index in [0.29, 0.717) is 0 Å². The molecule has 0 fully saturated rings. The first-order chi connectivity index (χ1) is 6.72. The van der Waals surface area contributed by atoms with E-state index in [1.807, 2.05) is 14.1 Å². The molecule has 1 aromatic heterocycles. The number of H-pyrrole nitrogens is 1. The number of aromatic amines is 1. The summed E-state index contributed by atoms with van der Waals surface area (Å²) in [4.78, 5) is 12.9. The van der Waals surface area contributed by atoms with E-state index < -0.39 is 0 Å². The standard InChI is InChI=1S/C9H16N4O/c1-10-5-6-13(2)7-8-3-4-9(14)12-11-8/h3-4,10H,5-7H2,1-2H3,(H,12,14). The number of rotatable bonds is 5. The molecule has 2 N–H and O–H groups in total. The van der Waals surface area contributed by atoms with E-state index in [9.17, 15) is 4.79 Å². The zero-order chi connectivity index (χ0) is 10.4. The highest BCUT2D eigenvalue weighted by Crippen LogP contribution is 1.94. The number of aromatic nitrogens is 2. The minimum absolute atomic E-state index is 0.161. The maximum atomic E-state index is 10.7. The summed E-state index contributed by atoms with van der Waals surface area (Å²) in [6, 6.07) is 3.24. The van der Waals surface area contributed by atoms with E-state index >= 15 is 0 Å². The van der Waals surface area contributed by atoms with Gasteiger partial charge < -0.3 is 5.32 Å². The summed E-state index contributed by atoms with van der Waals surface area (Å²) < 4.78 is 0. The van der Waals surface area contributed by atoms with Crippen LogP contribution >= 0.6 is 0 Å². The van der Waals surface area contributed by atoms with Crippen LogP contribution in [0.1, 0.15) is 5.69 Å². The van der Waals surface area contributed by atoms with Gasteiger partial charge in [-0.15, -0.1) is 0 Å². The van der Waals surface area contributed by atoms with E-state index in [2.05, 4.69) is 20.4 Å². The first-order valence-corrected chi connectivity index (χ1v) is 4.60. The molecule has 78 valence electrons. The molecule has 14 heavy (non-hydrogen) atoms. The Labute approximate surface area is 83.1 Å². The smallest absolute Gasteiger partial charge is 0.264 e. The zero-order valence-electron chi connectivity index (χ0n) is 8.58. The van der Waals surface area contributed by atoms with Gasteiger partial charge in [0.1, 0.15) is 0 Å². The van der Waals surface area contributed by atoms with Gasteiger partial charge in [0.2, 0.25) is 0 Å². The van der Waals surface area contributed by atoms with Gasteiger partial charge in [0, 0.05) is 25.7 Å². The predicted molar refractivity (Wildman–Crippen MR) is 55.1 cm³/mol. The Morgan fingerprint density at radius 1 is 1.57 bits per heavy atom. The summed E-state index contributed by atoms with van der Waals surface area (Å²) >= 11 is 0. The van der Waals surface area contributed by atoms with E-state index in [1.165, 1.54) is 6.07 Å². The van der Waals surface area contributed by atoms with Crippen molar-refractivity contribution in [1.29, 1.82) is 0 Å². The topological polar surface area (TPSA) is 61.0 Å². The lowest BCUT2D eigenvalue weighted by molar-refractivity contribution is 0.323. The number of hydrogen-bond donors (Lipinski definition) is 2. The highest BCUT2D eigenvalue weighted by molar-refractivity contribution is 4.98. The fraction of sp³-hybridized carbons (Fsp3) is 0.556. The van der Waals surface area contributed by atoms with Crippen LogP contribution in [0, 0.1) is 0 Å². The van der Waals surface area contributed by atoms with E-state index in [-0.39, 0.29) is 5.56 Å². The Hall–Kier alpha value is -1.20. The van der Waals surface area contributed by atoms with Crippen molar-refractivity contribution in [3.63, 3.8) is 0 Å². The van der Waals surface area contributed by atoms with Crippen LogP contribution in [0.25, 0.3) is 0 Å². The molecule has 1 heterocycles. The quantitative estimate of drug-likeness (QED) is 0.661. The maximum Gasteiger partial charge on any atom is 0.264 e. The van der Waals surface area contributed by atoms with E-state index in [4.69, 9.17) is 0 Å². The highest BCUT2D eigenvalue weighted by Gasteiger charge is 2.00. The van der Waals surface area contributed by atoms with Crippen molar-refractivity contribution < 1.29 is 0 Å². The molecule has 0 amide bonds. The minimum atomic E-state index is -0.161. The van der Waals surface area contributed by atoms with Crippen LogP contribution in [0.2, 0.25) is 0 Å².